The number of amides is 4. The number of rotatable bonds is 8. The fraction of sp³-hybridized carbons (Fsp3) is 0.513. The normalized spacial score (nSPS) is 27.3. The number of nitrogens with one attached hydrogen (secondary N) is 3. The molecule has 1 saturated heterocycles. The minimum absolute atomic E-state index is 0.136. The van der Waals surface area contributed by atoms with Crippen LogP contribution in [0.2, 0.25) is 0 Å². The summed E-state index contributed by atoms with van der Waals surface area (Å²) in [6.45, 7) is 0.565. The van der Waals surface area contributed by atoms with E-state index in [1.54, 1.807) is 0 Å². The molecule has 3 fully saturated rings. The SMILES string of the molecule is O=C(N[C@H]1CCCCC/C=C\C2C[C@@]2(C(=O)NCCc2ccccc2)NC(=O)[C@@H]2C[C@@H](n3nnc(-c4ccccc4)n3)CN2C1=O)OC1CCCC1. The third-order valence-electron chi connectivity index (χ3n) is 10.9. The third-order valence-corrected chi connectivity index (χ3v) is 10.9. The molecular weight excluding hydrogens is 660 g/mol. The quantitative estimate of drug-likeness (QED) is 0.293. The van der Waals surface area contributed by atoms with Gasteiger partial charge in [-0.3, -0.25) is 14.4 Å². The van der Waals surface area contributed by atoms with E-state index >= 15 is 0 Å². The average molecular weight is 709 g/mol. The zero-order valence-corrected chi connectivity index (χ0v) is 29.5. The van der Waals surface area contributed by atoms with Crippen LogP contribution in [-0.2, 0) is 25.5 Å². The van der Waals surface area contributed by atoms with Crippen molar-refractivity contribution in [3.05, 3.63) is 78.4 Å². The van der Waals surface area contributed by atoms with Crippen LogP contribution in [0.4, 0.5) is 4.79 Å². The third kappa shape index (κ3) is 8.18. The molecule has 0 radical (unpaired) electrons. The second-order valence-electron chi connectivity index (χ2n) is 14.5. The number of benzene rings is 2. The summed E-state index contributed by atoms with van der Waals surface area (Å²) in [7, 11) is 0. The van der Waals surface area contributed by atoms with Gasteiger partial charge in [0, 0.05) is 31.0 Å². The average Bonchev–Trinajstić information content (AvgIpc) is 3.64. The Morgan fingerprint density at radius 1 is 0.942 bits per heavy atom. The summed E-state index contributed by atoms with van der Waals surface area (Å²) >= 11 is 0. The van der Waals surface area contributed by atoms with Gasteiger partial charge in [0.2, 0.25) is 23.5 Å². The highest BCUT2D eigenvalue weighted by Gasteiger charge is 2.61. The molecule has 7 rings (SSSR count). The van der Waals surface area contributed by atoms with Gasteiger partial charge < -0.3 is 25.6 Å². The molecule has 2 saturated carbocycles. The van der Waals surface area contributed by atoms with Crippen molar-refractivity contribution in [2.75, 3.05) is 13.1 Å². The highest BCUT2D eigenvalue weighted by molar-refractivity contribution is 5.98. The van der Waals surface area contributed by atoms with E-state index in [1.165, 1.54) is 9.70 Å². The predicted molar refractivity (Wildman–Crippen MR) is 192 cm³/mol. The molecule has 3 heterocycles. The lowest BCUT2D eigenvalue weighted by Crippen LogP contribution is -2.58. The fourth-order valence-corrected chi connectivity index (χ4v) is 7.80. The number of carbonyl (C=O) groups excluding carboxylic acids is 4. The van der Waals surface area contributed by atoms with Crippen LogP contribution in [0.25, 0.3) is 11.4 Å². The van der Waals surface area contributed by atoms with Gasteiger partial charge in [-0.15, -0.1) is 10.2 Å². The van der Waals surface area contributed by atoms with Crippen LogP contribution < -0.4 is 16.0 Å². The van der Waals surface area contributed by atoms with Gasteiger partial charge in [-0.2, -0.15) is 4.80 Å². The number of tetrazole rings is 1. The minimum atomic E-state index is -1.12. The first kappa shape index (κ1) is 35.3. The zero-order chi connectivity index (χ0) is 35.9. The summed E-state index contributed by atoms with van der Waals surface area (Å²) in [5, 5.41) is 22.2. The largest absolute Gasteiger partial charge is 0.446 e. The molecule has 2 aliphatic heterocycles. The number of nitrogens with zero attached hydrogens (tertiary/aromatic N) is 5. The maximum absolute atomic E-state index is 14.5. The van der Waals surface area contributed by atoms with Crippen molar-refractivity contribution in [1.29, 1.82) is 0 Å². The Kier molecular flexibility index (Phi) is 10.9. The van der Waals surface area contributed by atoms with Crippen molar-refractivity contribution in [2.45, 2.75) is 107 Å². The van der Waals surface area contributed by atoms with Gasteiger partial charge >= 0.3 is 6.09 Å². The van der Waals surface area contributed by atoms with Crippen LogP contribution in [0.1, 0.15) is 82.2 Å². The summed E-state index contributed by atoms with van der Waals surface area (Å²) in [6, 6.07) is 17.1. The second-order valence-corrected chi connectivity index (χ2v) is 14.5. The van der Waals surface area contributed by atoms with E-state index in [-0.39, 0.29) is 36.8 Å². The van der Waals surface area contributed by atoms with E-state index < -0.39 is 35.7 Å². The van der Waals surface area contributed by atoms with E-state index in [0.717, 1.165) is 56.1 Å². The number of carbonyl (C=O) groups is 4. The maximum Gasteiger partial charge on any atom is 0.408 e. The number of allylic oxidation sites excluding steroid dienone is 1. The topological polar surface area (TPSA) is 160 Å². The summed E-state index contributed by atoms with van der Waals surface area (Å²) in [5.41, 5.74) is 0.789. The number of hydrogen-bond donors (Lipinski definition) is 3. The monoisotopic (exact) mass is 708 g/mol. The van der Waals surface area contributed by atoms with Crippen LogP contribution in [0.3, 0.4) is 0 Å². The van der Waals surface area contributed by atoms with Gasteiger partial charge in [0.15, 0.2) is 0 Å². The minimum Gasteiger partial charge on any atom is -0.446 e. The number of fused-ring (bicyclic) bond motifs is 2. The van der Waals surface area contributed by atoms with E-state index in [0.29, 0.717) is 38.1 Å². The zero-order valence-electron chi connectivity index (χ0n) is 29.5. The highest BCUT2D eigenvalue weighted by atomic mass is 16.6. The molecule has 0 spiro atoms. The van der Waals surface area contributed by atoms with Gasteiger partial charge in [0.1, 0.15) is 23.7 Å². The molecule has 2 aliphatic carbocycles. The van der Waals surface area contributed by atoms with E-state index in [4.69, 9.17) is 4.74 Å². The lowest BCUT2D eigenvalue weighted by Gasteiger charge is -2.30. The van der Waals surface area contributed by atoms with Crippen LogP contribution in [0, 0.1) is 5.92 Å². The molecule has 13 heteroatoms. The Hall–Kier alpha value is -5.07. The Morgan fingerprint density at radius 2 is 1.69 bits per heavy atom. The molecule has 0 bridgehead atoms. The lowest BCUT2D eigenvalue weighted by molar-refractivity contribution is -0.141. The second kappa shape index (κ2) is 16.1. The molecular formula is C39H48N8O5. The van der Waals surface area contributed by atoms with Crippen molar-refractivity contribution in [3.63, 3.8) is 0 Å². The lowest BCUT2D eigenvalue weighted by atomic mass is 10.0. The number of ether oxygens (including phenoxy) is 1. The summed E-state index contributed by atoms with van der Waals surface area (Å²) in [4.78, 5) is 58.8. The molecule has 5 atom stereocenters. The first-order chi connectivity index (χ1) is 25.4. The van der Waals surface area contributed by atoms with Gasteiger partial charge in [0.05, 0.1) is 6.04 Å². The van der Waals surface area contributed by atoms with Crippen LogP contribution in [-0.4, -0.2) is 85.7 Å². The summed E-state index contributed by atoms with van der Waals surface area (Å²) in [6.07, 6.45) is 12.1. The number of aromatic nitrogens is 4. The predicted octanol–water partition coefficient (Wildman–Crippen LogP) is 4.27. The molecule has 4 aliphatic rings. The molecule has 52 heavy (non-hydrogen) atoms. The molecule has 3 aromatic rings. The molecule has 274 valence electrons. The van der Waals surface area contributed by atoms with E-state index in [9.17, 15) is 19.2 Å². The Balaban J connectivity index is 1.13. The Bertz CT molecular complexity index is 1740. The van der Waals surface area contributed by atoms with Gasteiger partial charge in [-0.25, -0.2) is 4.79 Å². The van der Waals surface area contributed by atoms with Crippen molar-refractivity contribution in [2.24, 2.45) is 5.92 Å². The van der Waals surface area contributed by atoms with Crippen molar-refractivity contribution in [1.82, 2.24) is 41.1 Å². The Morgan fingerprint density at radius 3 is 2.48 bits per heavy atom. The molecule has 2 aromatic carbocycles. The number of alkyl carbamates (subject to hydrolysis) is 1. The summed E-state index contributed by atoms with van der Waals surface area (Å²) in [5.74, 6) is -0.743. The van der Waals surface area contributed by atoms with Gasteiger partial charge in [-0.05, 0) is 68.6 Å². The molecule has 3 N–H and O–H groups in total. The maximum atomic E-state index is 14.5. The van der Waals surface area contributed by atoms with Crippen LogP contribution >= 0.6 is 0 Å². The molecule has 1 unspecified atom stereocenters. The summed E-state index contributed by atoms with van der Waals surface area (Å²) < 4.78 is 5.69. The molecule has 13 nitrogen and oxygen atoms in total. The van der Waals surface area contributed by atoms with E-state index in [2.05, 4.69) is 37.4 Å². The smallest absolute Gasteiger partial charge is 0.408 e. The first-order valence-electron chi connectivity index (χ1n) is 18.8. The van der Waals surface area contributed by atoms with Crippen molar-refractivity contribution < 1.29 is 23.9 Å². The van der Waals surface area contributed by atoms with Crippen LogP contribution in [0.5, 0.6) is 0 Å². The van der Waals surface area contributed by atoms with Crippen LogP contribution in [0.15, 0.2) is 72.8 Å². The van der Waals surface area contributed by atoms with Crippen molar-refractivity contribution in [3.8, 4) is 11.4 Å². The van der Waals surface area contributed by atoms with Crippen molar-refractivity contribution >= 4 is 23.8 Å². The molecule has 1 aromatic heterocycles. The highest BCUT2D eigenvalue weighted by Crippen LogP contribution is 2.45. The Labute approximate surface area is 303 Å². The fourth-order valence-electron chi connectivity index (χ4n) is 7.80. The van der Waals surface area contributed by atoms with E-state index in [1.807, 2.05) is 66.7 Å². The van der Waals surface area contributed by atoms with Gasteiger partial charge in [-0.1, -0.05) is 85.7 Å². The van der Waals surface area contributed by atoms with Gasteiger partial charge in [0.25, 0.3) is 0 Å². The molecule has 4 amide bonds. The first-order valence-corrected chi connectivity index (χ1v) is 18.8. The number of hydrogen-bond acceptors (Lipinski definition) is 8. The standard InChI is InChI=1S/C39H48N8O5/c48-35-33-24-30(47-44-34(43-45-47)28-16-8-5-9-17-28)26-46(33)36(49)32(41-38(51)52-31-19-12-13-20-31)21-11-3-1-2-10-18-29-25-39(29,42-35)37(50)40-23-22-27-14-6-4-7-15-27/h4-10,14-18,29-33H,1-3,11-13,19-26H2,(H,40,50)(H,41,51)(H,42,48)/b18-10-/t29?,30-,32+,33+,39-/m1/s1.